The third-order valence-electron chi connectivity index (χ3n) is 5.29. The summed E-state index contributed by atoms with van der Waals surface area (Å²) in [5.41, 5.74) is 0.383. The number of aliphatic carboxylic acids is 1. The summed E-state index contributed by atoms with van der Waals surface area (Å²) in [7, 11) is 1.45. The number of hydrogen-bond acceptors (Lipinski definition) is 5. The van der Waals surface area contributed by atoms with E-state index in [1.54, 1.807) is 18.3 Å². The average molecular weight is 511 g/mol. The second-order valence-electron chi connectivity index (χ2n) is 7.71. The van der Waals surface area contributed by atoms with E-state index in [0.717, 1.165) is 10.8 Å². The van der Waals surface area contributed by atoms with Gasteiger partial charge < -0.3 is 21.5 Å². The van der Waals surface area contributed by atoms with Gasteiger partial charge in [0.25, 0.3) is 0 Å². The van der Waals surface area contributed by atoms with E-state index in [4.69, 9.17) is 21.4 Å². The molecular weight excluding hydrogens is 486 g/mol. The zero-order chi connectivity index (χ0) is 25.4. The SMILES string of the molecule is CN(C(=O)NCc1cccc(F)c1Cl)[C@@H](CCC(=O)O)COC(=O)Nc1cc2ccccc2cn1.[H-].[Li+]. The Morgan fingerprint density at radius 3 is 2.64 bits per heavy atom. The minimum atomic E-state index is -1.06. The van der Waals surface area contributed by atoms with Crippen LogP contribution in [0.5, 0.6) is 0 Å². The van der Waals surface area contributed by atoms with Crippen LogP contribution in [0.3, 0.4) is 0 Å². The van der Waals surface area contributed by atoms with Crippen LogP contribution in [0.2, 0.25) is 5.02 Å². The van der Waals surface area contributed by atoms with E-state index in [1.807, 2.05) is 24.3 Å². The van der Waals surface area contributed by atoms with Crippen LogP contribution in [0.25, 0.3) is 10.8 Å². The number of pyridine rings is 1. The number of fused-ring (bicyclic) bond motifs is 1. The van der Waals surface area contributed by atoms with Crippen molar-refractivity contribution in [2.75, 3.05) is 19.0 Å². The van der Waals surface area contributed by atoms with Gasteiger partial charge in [-0.15, -0.1) is 0 Å². The maximum atomic E-state index is 13.6. The maximum absolute atomic E-state index is 13.6. The summed E-state index contributed by atoms with van der Waals surface area (Å²) < 4.78 is 18.9. The first kappa shape index (κ1) is 28.9. The molecule has 1 heterocycles. The number of nitrogens with one attached hydrogen (secondary N) is 2. The van der Waals surface area contributed by atoms with Crippen molar-refractivity contribution in [1.29, 1.82) is 0 Å². The molecular formula is C24H25ClFLiN4O5. The van der Waals surface area contributed by atoms with Gasteiger partial charge in [0.05, 0.1) is 11.1 Å². The third-order valence-corrected chi connectivity index (χ3v) is 5.71. The molecule has 3 amide bonds. The van der Waals surface area contributed by atoms with Crippen LogP contribution < -0.4 is 29.5 Å². The van der Waals surface area contributed by atoms with Crippen LogP contribution in [0.15, 0.2) is 54.7 Å². The van der Waals surface area contributed by atoms with E-state index in [2.05, 4.69) is 15.6 Å². The van der Waals surface area contributed by atoms with Crippen molar-refractivity contribution in [1.82, 2.24) is 15.2 Å². The molecule has 1 atom stereocenters. The Hall–Kier alpha value is -3.32. The van der Waals surface area contributed by atoms with Crippen LogP contribution in [0.4, 0.5) is 19.8 Å². The third kappa shape index (κ3) is 8.12. The zero-order valence-corrected chi connectivity index (χ0v) is 20.6. The molecule has 0 unspecified atom stereocenters. The number of amides is 3. The topological polar surface area (TPSA) is 121 Å². The summed E-state index contributed by atoms with van der Waals surface area (Å²) in [5.74, 6) is -1.37. The normalized spacial score (nSPS) is 11.2. The van der Waals surface area contributed by atoms with Crippen LogP contribution in [0, 0.1) is 5.82 Å². The van der Waals surface area contributed by atoms with Gasteiger partial charge in [-0.05, 0) is 29.5 Å². The fourth-order valence-corrected chi connectivity index (χ4v) is 3.48. The number of anilines is 1. The minimum absolute atomic E-state index is 0. The fourth-order valence-electron chi connectivity index (χ4n) is 3.29. The number of carbonyl (C=O) groups excluding carboxylic acids is 2. The maximum Gasteiger partial charge on any atom is 1.00 e. The van der Waals surface area contributed by atoms with Crippen molar-refractivity contribution in [3.63, 3.8) is 0 Å². The van der Waals surface area contributed by atoms with Crippen LogP contribution >= 0.6 is 11.6 Å². The van der Waals surface area contributed by atoms with E-state index in [1.165, 1.54) is 24.1 Å². The molecule has 0 aliphatic rings. The Kier molecular flexibility index (Phi) is 11.0. The molecule has 0 saturated carbocycles. The van der Waals surface area contributed by atoms with Crippen molar-refractivity contribution in [3.05, 3.63) is 71.1 Å². The van der Waals surface area contributed by atoms with E-state index >= 15 is 0 Å². The number of benzene rings is 2. The number of carboxylic acid groups (broad SMARTS) is 1. The molecule has 0 aliphatic carbocycles. The molecule has 186 valence electrons. The number of halogens is 2. The predicted molar refractivity (Wildman–Crippen MR) is 130 cm³/mol. The Balaban J connectivity index is 0.00000342. The van der Waals surface area contributed by atoms with Gasteiger partial charge in [0.2, 0.25) is 0 Å². The summed E-state index contributed by atoms with van der Waals surface area (Å²) >= 11 is 5.91. The van der Waals surface area contributed by atoms with E-state index < -0.39 is 30.0 Å². The standard InChI is InChI=1S/C24H24ClFN4O5.Li.H/c1-30(23(33)28-13-17-7-4-8-19(26)22(17)25)18(9-10-21(31)32)14-35-24(34)29-20-11-15-5-2-3-6-16(15)12-27-20;;/h2-8,11-12,18H,9-10,13-14H2,1H3,(H,28,33)(H,31,32)(H,27,29,34);;/q;+1;-1/t18-;;/m0../s1. The largest absolute Gasteiger partial charge is 1.00 e. The van der Waals surface area contributed by atoms with Crippen LogP contribution in [-0.4, -0.2) is 52.8 Å². The monoisotopic (exact) mass is 510 g/mol. The van der Waals surface area contributed by atoms with Crippen LogP contribution in [0.1, 0.15) is 19.8 Å². The summed E-state index contributed by atoms with van der Waals surface area (Å²) in [6, 6.07) is 12.1. The zero-order valence-electron chi connectivity index (χ0n) is 20.8. The minimum Gasteiger partial charge on any atom is -1.00 e. The molecule has 0 spiro atoms. The van der Waals surface area contributed by atoms with Crippen molar-refractivity contribution >= 4 is 46.3 Å². The summed E-state index contributed by atoms with van der Waals surface area (Å²) in [4.78, 5) is 41.4. The van der Waals surface area contributed by atoms with E-state index in [0.29, 0.717) is 5.56 Å². The van der Waals surface area contributed by atoms with Gasteiger partial charge in [-0.1, -0.05) is 48.0 Å². The van der Waals surface area contributed by atoms with E-state index in [9.17, 15) is 18.8 Å². The van der Waals surface area contributed by atoms with Crippen molar-refractivity contribution < 1.29 is 48.9 Å². The molecule has 1 aromatic heterocycles. The van der Waals surface area contributed by atoms with Gasteiger partial charge in [-0.2, -0.15) is 0 Å². The van der Waals surface area contributed by atoms with Gasteiger partial charge in [-0.25, -0.2) is 19.0 Å². The number of carboxylic acids is 1. The summed E-state index contributed by atoms with van der Waals surface area (Å²) in [6.07, 6.45) is 0.619. The molecule has 3 N–H and O–H groups in total. The second kappa shape index (κ2) is 13.7. The number of likely N-dealkylation sites (N-methyl/N-ethyl adjacent to an activating group) is 1. The molecule has 36 heavy (non-hydrogen) atoms. The molecule has 0 fully saturated rings. The van der Waals surface area contributed by atoms with Crippen molar-refractivity contribution in [2.45, 2.75) is 25.4 Å². The number of carbonyl (C=O) groups is 3. The first-order valence-corrected chi connectivity index (χ1v) is 11.1. The Morgan fingerprint density at radius 1 is 1.19 bits per heavy atom. The Bertz CT molecular complexity index is 1240. The Labute approximate surface area is 225 Å². The predicted octanol–water partition coefficient (Wildman–Crippen LogP) is 1.77. The molecule has 0 bridgehead atoms. The first-order chi connectivity index (χ1) is 16.7. The Morgan fingerprint density at radius 2 is 1.92 bits per heavy atom. The molecule has 0 saturated heterocycles. The smallest absolute Gasteiger partial charge is 1.00 e. The van der Waals surface area contributed by atoms with Gasteiger partial charge >= 0.3 is 37.0 Å². The number of aromatic nitrogens is 1. The number of urea groups is 1. The second-order valence-corrected chi connectivity index (χ2v) is 8.09. The number of ether oxygens (including phenoxy) is 1. The van der Waals surface area contributed by atoms with Crippen molar-refractivity contribution in [3.8, 4) is 0 Å². The van der Waals surface area contributed by atoms with Crippen molar-refractivity contribution in [2.24, 2.45) is 0 Å². The number of rotatable bonds is 9. The van der Waals surface area contributed by atoms with Gasteiger partial charge in [-0.3, -0.25) is 10.1 Å². The molecule has 2 aromatic carbocycles. The summed E-state index contributed by atoms with van der Waals surface area (Å²) in [6.45, 7) is -0.294. The van der Waals surface area contributed by atoms with E-state index in [-0.39, 0.29) is 57.1 Å². The average Bonchev–Trinajstić information content (AvgIpc) is 2.84. The first-order valence-electron chi connectivity index (χ1n) is 10.7. The molecule has 0 radical (unpaired) electrons. The van der Waals surface area contributed by atoms with Crippen LogP contribution in [-0.2, 0) is 16.1 Å². The summed E-state index contributed by atoms with van der Waals surface area (Å²) in [5, 5.41) is 15.9. The quantitative estimate of drug-likeness (QED) is 0.377. The van der Waals surface area contributed by atoms with Gasteiger partial charge in [0, 0.05) is 31.6 Å². The molecule has 3 rings (SSSR count). The number of hydrogen-bond donors (Lipinski definition) is 3. The fraction of sp³-hybridized carbons (Fsp3) is 0.250. The molecule has 12 heteroatoms. The number of nitrogens with zero attached hydrogens (tertiary/aromatic N) is 2. The molecule has 9 nitrogen and oxygen atoms in total. The van der Waals surface area contributed by atoms with Gasteiger partial charge in [0.1, 0.15) is 18.2 Å². The van der Waals surface area contributed by atoms with Gasteiger partial charge in [0.15, 0.2) is 0 Å². The molecule has 3 aromatic rings. The molecule has 0 aliphatic heterocycles.